The van der Waals surface area contributed by atoms with Gasteiger partial charge >= 0.3 is 5.97 Å². The largest absolute Gasteiger partial charge is 0.481 e. The Kier molecular flexibility index (Phi) is 8.07. The highest BCUT2D eigenvalue weighted by Gasteiger charge is 2.21. The number of carbonyl (C=O) groups is 2. The normalized spacial score (nSPS) is 14.8. The molecule has 1 aromatic carbocycles. The molecule has 162 valence electrons. The molecule has 0 aliphatic heterocycles. The number of nitrogens with zero attached hydrogens (tertiary/aromatic N) is 3. The second kappa shape index (κ2) is 10.5. The molecule has 1 aromatic heterocycles. The lowest BCUT2D eigenvalue weighted by atomic mass is 9.94. The minimum absolute atomic E-state index is 0.0959. The standard InChI is InChI=1S/C21H26Br2N4O3/c1-26(16-5-3-2-4-6-16)13-14-11-15(22)12-17(23)20(14)25-21(30)18-7-9-24-27(18)10-8-19(28)29/h7,9,11-12,16H,2-6,8,10,13H2,1H3,(H,25,30)(H,28,29). The van der Waals surface area contributed by atoms with Crippen LogP contribution >= 0.6 is 31.9 Å². The smallest absolute Gasteiger partial charge is 0.305 e. The lowest BCUT2D eigenvalue weighted by molar-refractivity contribution is -0.137. The highest BCUT2D eigenvalue weighted by Crippen LogP contribution is 2.33. The fourth-order valence-corrected chi connectivity index (χ4v) is 5.31. The fourth-order valence-electron chi connectivity index (χ4n) is 3.89. The lowest BCUT2D eigenvalue weighted by Crippen LogP contribution is -2.33. The summed E-state index contributed by atoms with van der Waals surface area (Å²) in [4.78, 5) is 26.2. The lowest BCUT2D eigenvalue weighted by Gasteiger charge is -2.32. The van der Waals surface area contributed by atoms with Crippen molar-refractivity contribution < 1.29 is 14.7 Å². The molecule has 2 aromatic rings. The Morgan fingerprint density at radius 2 is 2.00 bits per heavy atom. The van der Waals surface area contributed by atoms with Gasteiger partial charge in [0, 0.05) is 27.7 Å². The summed E-state index contributed by atoms with van der Waals surface area (Å²) < 4.78 is 3.14. The Balaban J connectivity index is 1.79. The second-order valence-electron chi connectivity index (χ2n) is 7.67. The molecular formula is C21H26Br2N4O3. The number of benzene rings is 1. The number of rotatable bonds is 8. The van der Waals surface area contributed by atoms with E-state index in [4.69, 9.17) is 5.11 Å². The van der Waals surface area contributed by atoms with Crippen molar-refractivity contribution in [3.05, 3.63) is 44.6 Å². The molecule has 1 amide bonds. The van der Waals surface area contributed by atoms with Crippen molar-refractivity contribution >= 4 is 49.4 Å². The molecule has 9 heteroatoms. The first kappa shape index (κ1) is 23.0. The molecule has 0 atom stereocenters. The van der Waals surface area contributed by atoms with Gasteiger partial charge in [-0.05, 0) is 59.6 Å². The molecule has 7 nitrogen and oxygen atoms in total. The number of hydrogen-bond acceptors (Lipinski definition) is 4. The summed E-state index contributed by atoms with van der Waals surface area (Å²) in [6, 6.07) is 6.08. The highest BCUT2D eigenvalue weighted by atomic mass is 79.9. The molecular weight excluding hydrogens is 516 g/mol. The predicted molar refractivity (Wildman–Crippen MR) is 123 cm³/mol. The van der Waals surface area contributed by atoms with Crippen molar-refractivity contribution in [1.82, 2.24) is 14.7 Å². The van der Waals surface area contributed by atoms with E-state index in [2.05, 4.69) is 54.2 Å². The highest BCUT2D eigenvalue weighted by molar-refractivity contribution is 9.11. The van der Waals surface area contributed by atoms with Crippen molar-refractivity contribution in [1.29, 1.82) is 0 Å². The van der Waals surface area contributed by atoms with Gasteiger partial charge in [0.1, 0.15) is 5.69 Å². The summed E-state index contributed by atoms with van der Waals surface area (Å²) in [7, 11) is 2.14. The molecule has 0 spiro atoms. The molecule has 1 fully saturated rings. The number of anilines is 1. The van der Waals surface area contributed by atoms with Gasteiger partial charge < -0.3 is 10.4 Å². The maximum atomic E-state index is 13.0. The van der Waals surface area contributed by atoms with Crippen molar-refractivity contribution in [2.24, 2.45) is 0 Å². The Hall–Kier alpha value is -1.71. The molecule has 0 bridgehead atoms. The van der Waals surface area contributed by atoms with Crippen molar-refractivity contribution in [2.45, 2.75) is 57.7 Å². The summed E-state index contributed by atoms with van der Waals surface area (Å²) in [6.45, 7) is 0.862. The number of amides is 1. The zero-order valence-electron chi connectivity index (χ0n) is 16.9. The predicted octanol–water partition coefficient (Wildman–Crippen LogP) is 4.90. The molecule has 1 aliphatic carbocycles. The van der Waals surface area contributed by atoms with Crippen LogP contribution in [0, 0.1) is 0 Å². The van der Waals surface area contributed by atoms with Gasteiger partial charge in [0.2, 0.25) is 0 Å². The number of aryl methyl sites for hydroxylation is 1. The van der Waals surface area contributed by atoms with Crippen LogP contribution in [0.15, 0.2) is 33.3 Å². The van der Waals surface area contributed by atoms with E-state index in [1.165, 1.54) is 43.0 Å². The number of hydrogen-bond donors (Lipinski definition) is 2. The first-order valence-corrected chi connectivity index (χ1v) is 11.7. The molecule has 0 radical (unpaired) electrons. The van der Waals surface area contributed by atoms with Crippen LogP contribution < -0.4 is 5.32 Å². The maximum Gasteiger partial charge on any atom is 0.305 e. The average Bonchev–Trinajstić information content (AvgIpc) is 3.18. The Bertz CT molecular complexity index is 910. The number of carbonyl (C=O) groups excluding carboxylic acids is 1. The molecule has 30 heavy (non-hydrogen) atoms. The van der Waals surface area contributed by atoms with Crippen molar-refractivity contribution in [3.8, 4) is 0 Å². The van der Waals surface area contributed by atoms with Crippen LogP contribution in [0.5, 0.6) is 0 Å². The van der Waals surface area contributed by atoms with E-state index in [1.807, 2.05) is 12.1 Å². The Morgan fingerprint density at radius 3 is 2.70 bits per heavy atom. The first-order chi connectivity index (χ1) is 14.3. The van der Waals surface area contributed by atoms with Crippen LogP contribution in [-0.2, 0) is 17.9 Å². The quantitative estimate of drug-likeness (QED) is 0.496. The molecule has 1 aliphatic rings. The van der Waals surface area contributed by atoms with E-state index in [1.54, 1.807) is 6.07 Å². The van der Waals surface area contributed by atoms with Crippen LogP contribution in [0.1, 0.15) is 54.6 Å². The van der Waals surface area contributed by atoms with Crippen LogP contribution in [-0.4, -0.2) is 44.8 Å². The summed E-state index contributed by atoms with van der Waals surface area (Å²) in [5.74, 6) is -1.25. The minimum atomic E-state index is -0.930. The van der Waals surface area contributed by atoms with Gasteiger partial charge in [-0.15, -0.1) is 0 Å². The third kappa shape index (κ3) is 5.92. The number of halogens is 2. The number of nitrogens with one attached hydrogen (secondary N) is 1. The van der Waals surface area contributed by atoms with Gasteiger partial charge in [0.25, 0.3) is 5.91 Å². The summed E-state index contributed by atoms with van der Waals surface area (Å²) in [5, 5.41) is 16.0. The first-order valence-electron chi connectivity index (χ1n) is 10.1. The van der Waals surface area contributed by atoms with E-state index >= 15 is 0 Å². The number of carboxylic acid groups (broad SMARTS) is 1. The Morgan fingerprint density at radius 1 is 1.27 bits per heavy atom. The molecule has 3 rings (SSSR count). The van der Waals surface area contributed by atoms with E-state index in [9.17, 15) is 9.59 Å². The molecule has 1 heterocycles. The van der Waals surface area contributed by atoms with Gasteiger partial charge in [0.15, 0.2) is 0 Å². The zero-order valence-corrected chi connectivity index (χ0v) is 20.1. The summed E-state index contributed by atoms with van der Waals surface area (Å²) in [5.41, 5.74) is 2.06. The van der Waals surface area contributed by atoms with Gasteiger partial charge in [-0.1, -0.05) is 35.2 Å². The monoisotopic (exact) mass is 540 g/mol. The van der Waals surface area contributed by atoms with E-state index < -0.39 is 5.97 Å². The van der Waals surface area contributed by atoms with Crippen LogP contribution in [0.4, 0.5) is 5.69 Å². The maximum absolute atomic E-state index is 13.0. The third-order valence-corrected chi connectivity index (χ3v) is 6.56. The van der Waals surface area contributed by atoms with Crippen molar-refractivity contribution in [3.63, 3.8) is 0 Å². The fraction of sp³-hybridized carbons (Fsp3) is 0.476. The molecule has 2 N–H and O–H groups in total. The van der Waals surface area contributed by atoms with Crippen LogP contribution in [0.25, 0.3) is 0 Å². The minimum Gasteiger partial charge on any atom is -0.481 e. The van der Waals surface area contributed by atoms with Crippen LogP contribution in [0.3, 0.4) is 0 Å². The van der Waals surface area contributed by atoms with Gasteiger partial charge in [0.05, 0.1) is 18.7 Å². The molecule has 0 unspecified atom stereocenters. The number of aromatic nitrogens is 2. The van der Waals surface area contributed by atoms with Gasteiger partial charge in [-0.25, -0.2) is 0 Å². The van der Waals surface area contributed by atoms with Gasteiger partial charge in [-0.3, -0.25) is 19.2 Å². The summed E-state index contributed by atoms with van der Waals surface area (Å²) in [6.07, 6.45) is 7.66. The zero-order chi connectivity index (χ0) is 21.7. The topological polar surface area (TPSA) is 87.5 Å². The summed E-state index contributed by atoms with van der Waals surface area (Å²) >= 11 is 7.13. The van der Waals surface area contributed by atoms with Gasteiger partial charge in [-0.2, -0.15) is 5.10 Å². The number of carboxylic acids is 1. The van der Waals surface area contributed by atoms with Crippen LogP contribution in [0.2, 0.25) is 0 Å². The SMILES string of the molecule is CN(Cc1cc(Br)cc(Br)c1NC(=O)c1ccnn1CCC(=O)O)C1CCCCC1. The van der Waals surface area contributed by atoms with Crippen molar-refractivity contribution in [2.75, 3.05) is 12.4 Å². The van der Waals surface area contributed by atoms with E-state index in [0.717, 1.165) is 26.7 Å². The third-order valence-electron chi connectivity index (χ3n) is 5.48. The Labute approximate surface area is 193 Å². The van der Waals surface area contributed by atoms with E-state index in [0.29, 0.717) is 11.7 Å². The average molecular weight is 542 g/mol. The molecule has 0 saturated heterocycles. The second-order valence-corrected chi connectivity index (χ2v) is 9.44. The number of aliphatic carboxylic acids is 1. The molecule has 1 saturated carbocycles. The van der Waals surface area contributed by atoms with E-state index in [-0.39, 0.29) is 18.9 Å².